The minimum absolute atomic E-state index is 0.314. The van der Waals surface area contributed by atoms with Crippen molar-refractivity contribution in [2.24, 2.45) is 5.73 Å². The molecule has 1 atom stereocenters. The molecule has 100 valence electrons. The maximum Gasteiger partial charge on any atom is 0.316 e. The Balaban J connectivity index is 2.43. The topological polar surface area (TPSA) is 67.2 Å². The van der Waals surface area contributed by atoms with E-state index < -0.39 is 6.03 Å². The summed E-state index contributed by atoms with van der Waals surface area (Å²) in [6, 6.07) is 7.50. The number of amides is 2. The van der Waals surface area contributed by atoms with Gasteiger partial charge in [-0.25, -0.2) is 4.79 Å². The van der Waals surface area contributed by atoms with E-state index in [-0.39, 0.29) is 0 Å². The summed E-state index contributed by atoms with van der Waals surface area (Å²) in [5.74, 6) is 1.18. The fourth-order valence-corrected chi connectivity index (χ4v) is 2.08. The maximum atomic E-state index is 10.7. The molecule has 5 heteroatoms. The van der Waals surface area contributed by atoms with E-state index in [0.717, 1.165) is 12.2 Å². The summed E-state index contributed by atoms with van der Waals surface area (Å²) < 4.78 is 0. The van der Waals surface area contributed by atoms with Crippen molar-refractivity contribution in [1.29, 1.82) is 0 Å². The van der Waals surface area contributed by atoms with Crippen molar-refractivity contribution in [3.8, 4) is 0 Å². The van der Waals surface area contributed by atoms with Crippen LogP contribution in [0.2, 0.25) is 0 Å². The lowest BCUT2D eigenvalue weighted by atomic mass is 10.1. The smallest absolute Gasteiger partial charge is 0.316 e. The predicted molar refractivity (Wildman–Crippen MR) is 79.1 cm³/mol. The summed E-state index contributed by atoms with van der Waals surface area (Å²) in [7, 11) is 0. The average molecular weight is 267 g/mol. The van der Waals surface area contributed by atoms with E-state index in [2.05, 4.69) is 23.8 Å². The van der Waals surface area contributed by atoms with Gasteiger partial charge in [0.05, 0.1) is 0 Å². The fraction of sp³-hybridized carbons (Fsp3) is 0.462. The highest BCUT2D eigenvalue weighted by molar-refractivity contribution is 7.98. The highest BCUT2D eigenvalue weighted by Gasteiger charge is 2.04. The molecule has 1 unspecified atom stereocenters. The number of urea groups is 1. The molecule has 0 aliphatic carbocycles. The van der Waals surface area contributed by atoms with E-state index in [9.17, 15) is 4.79 Å². The first kappa shape index (κ1) is 14.9. The van der Waals surface area contributed by atoms with Gasteiger partial charge in [-0.05, 0) is 49.6 Å². The van der Waals surface area contributed by atoms with Crippen LogP contribution in [0.4, 0.5) is 10.5 Å². The molecule has 0 saturated heterocycles. The quantitative estimate of drug-likeness (QED) is 0.665. The van der Waals surface area contributed by atoms with E-state index >= 15 is 0 Å². The van der Waals surface area contributed by atoms with Crippen molar-refractivity contribution >= 4 is 23.5 Å². The van der Waals surface area contributed by atoms with E-state index in [1.54, 1.807) is 0 Å². The van der Waals surface area contributed by atoms with Crippen LogP contribution in [0.15, 0.2) is 24.3 Å². The molecular weight excluding hydrogens is 246 g/mol. The molecule has 4 N–H and O–H groups in total. The van der Waals surface area contributed by atoms with Gasteiger partial charge in [-0.15, -0.1) is 0 Å². The summed E-state index contributed by atoms with van der Waals surface area (Å²) in [4.78, 5) is 10.7. The number of rotatable bonds is 7. The van der Waals surface area contributed by atoms with Gasteiger partial charge < -0.3 is 16.4 Å². The second-order valence-corrected chi connectivity index (χ2v) is 5.12. The molecule has 0 saturated carbocycles. The summed E-state index contributed by atoms with van der Waals surface area (Å²) in [6.07, 6.45) is 3.29. The number of anilines is 1. The summed E-state index contributed by atoms with van der Waals surface area (Å²) in [5, 5.41) is 6.02. The van der Waals surface area contributed by atoms with Gasteiger partial charge in [-0.1, -0.05) is 12.1 Å². The maximum absolute atomic E-state index is 10.7. The highest BCUT2D eigenvalue weighted by Crippen LogP contribution is 2.15. The molecule has 0 aromatic heterocycles. The lowest BCUT2D eigenvalue weighted by Gasteiger charge is -2.14. The fourth-order valence-electron chi connectivity index (χ4n) is 1.65. The largest absolute Gasteiger partial charge is 0.351 e. The van der Waals surface area contributed by atoms with Gasteiger partial charge in [0.15, 0.2) is 0 Å². The van der Waals surface area contributed by atoms with Crippen molar-refractivity contribution < 1.29 is 4.79 Å². The van der Waals surface area contributed by atoms with Crippen molar-refractivity contribution in [2.45, 2.75) is 19.4 Å². The minimum Gasteiger partial charge on any atom is -0.351 e. The van der Waals surface area contributed by atoms with E-state index in [4.69, 9.17) is 5.73 Å². The van der Waals surface area contributed by atoms with E-state index in [1.807, 2.05) is 36.0 Å². The average Bonchev–Trinajstić information content (AvgIpc) is 2.34. The van der Waals surface area contributed by atoms with Gasteiger partial charge in [0.1, 0.15) is 0 Å². The number of thioether (sulfide) groups is 1. The van der Waals surface area contributed by atoms with Gasteiger partial charge in [-0.3, -0.25) is 0 Å². The first-order valence-corrected chi connectivity index (χ1v) is 7.41. The first-order chi connectivity index (χ1) is 8.63. The molecule has 0 fully saturated rings. The molecule has 0 heterocycles. The number of benzene rings is 1. The van der Waals surface area contributed by atoms with Gasteiger partial charge in [0.2, 0.25) is 0 Å². The third-order valence-electron chi connectivity index (χ3n) is 2.65. The van der Waals surface area contributed by atoms with Crippen LogP contribution >= 0.6 is 11.8 Å². The predicted octanol–water partition coefficient (Wildman–Crippen LogP) is 2.58. The number of nitrogens with two attached hydrogens (primary N) is 1. The monoisotopic (exact) mass is 267 g/mol. The Morgan fingerprint density at radius 2 is 2.06 bits per heavy atom. The molecule has 1 aromatic rings. The third kappa shape index (κ3) is 5.42. The first-order valence-electron chi connectivity index (χ1n) is 6.02. The van der Waals surface area contributed by atoms with E-state index in [1.165, 1.54) is 17.7 Å². The molecule has 0 spiro atoms. The number of carbonyl (C=O) groups excluding carboxylic acids is 1. The van der Waals surface area contributed by atoms with Crippen LogP contribution in [0.5, 0.6) is 0 Å². The minimum atomic E-state index is -0.536. The molecule has 1 rings (SSSR count). The van der Waals surface area contributed by atoms with Crippen molar-refractivity contribution in [3.05, 3.63) is 29.8 Å². The Morgan fingerprint density at radius 1 is 1.39 bits per heavy atom. The summed E-state index contributed by atoms with van der Waals surface area (Å²) >= 11 is 1.86. The Hall–Kier alpha value is -1.20. The second kappa shape index (κ2) is 8.00. The normalized spacial score (nSPS) is 12.1. The van der Waals surface area contributed by atoms with Crippen molar-refractivity contribution in [2.75, 3.05) is 23.9 Å². The highest BCUT2D eigenvalue weighted by atomic mass is 32.2. The van der Waals surface area contributed by atoms with Crippen molar-refractivity contribution in [3.63, 3.8) is 0 Å². The van der Waals surface area contributed by atoms with Gasteiger partial charge in [-0.2, -0.15) is 11.8 Å². The SMILES string of the molecule is CSCCCNC(C)c1ccc(NC(N)=O)cc1. The number of carbonyl (C=O) groups is 1. The third-order valence-corrected chi connectivity index (χ3v) is 3.35. The Bertz CT molecular complexity index is 367. The van der Waals surface area contributed by atoms with Crippen LogP contribution in [0, 0.1) is 0 Å². The molecule has 0 bridgehead atoms. The lowest BCUT2D eigenvalue weighted by Crippen LogP contribution is -2.21. The molecule has 1 aromatic carbocycles. The zero-order chi connectivity index (χ0) is 13.4. The van der Waals surface area contributed by atoms with Crippen LogP contribution < -0.4 is 16.4 Å². The van der Waals surface area contributed by atoms with Crippen LogP contribution in [0.3, 0.4) is 0 Å². The Kier molecular flexibility index (Phi) is 6.60. The van der Waals surface area contributed by atoms with Crippen LogP contribution in [0.1, 0.15) is 24.9 Å². The van der Waals surface area contributed by atoms with E-state index in [0.29, 0.717) is 6.04 Å². The second-order valence-electron chi connectivity index (χ2n) is 4.13. The summed E-state index contributed by atoms with van der Waals surface area (Å²) in [6.45, 7) is 3.15. The zero-order valence-electron chi connectivity index (χ0n) is 10.9. The Labute approximate surface area is 113 Å². The number of primary amides is 1. The molecule has 18 heavy (non-hydrogen) atoms. The standard InChI is InChI=1S/C13H21N3OS/c1-10(15-8-3-9-18-2)11-4-6-12(7-5-11)16-13(14)17/h4-7,10,15H,3,8-9H2,1-2H3,(H3,14,16,17). The van der Waals surface area contributed by atoms with Gasteiger partial charge in [0, 0.05) is 11.7 Å². The molecular formula is C13H21N3OS. The molecule has 0 radical (unpaired) electrons. The molecule has 2 amide bonds. The van der Waals surface area contributed by atoms with Crippen LogP contribution in [-0.4, -0.2) is 24.6 Å². The number of hydrogen-bond acceptors (Lipinski definition) is 3. The number of nitrogens with one attached hydrogen (secondary N) is 2. The van der Waals surface area contributed by atoms with Crippen LogP contribution in [0.25, 0.3) is 0 Å². The van der Waals surface area contributed by atoms with Gasteiger partial charge >= 0.3 is 6.03 Å². The zero-order valence-corrected chi connectivity index (χ0v) is 11.7. The van der Waals surface area contributed by atoms with Crippen LogP contribution in [-0.2, 0) is 0 Å². The van der Waals surface area contributed by atoms with Crippen molar-refractivity contribution in [1.82, 2.24) is 5.32 Å². The molecule has 0 aliphatic heterocycles. The summed E-state index contributed by atoms with van der Waals surface area (Å²) in [5.41, 5.74) is 6.98. The molecule has 4 nitrogen and oxygen atoms in total. The lowest BCUT2D eigenvalue weighted by molar-refractivity contribution is 0.259. The molecule has 0 aliphatic rings. The van der Waals surface area contributed by atoms with Gasteiger partial charge in [0.25, 0.3) is 0 Å². The number of hydrogen-bond donors (Lipinski definition) is 3. The Morgan fingerprint density at radius 3 is 2.61 bits per heavy atom.